The van der Waals surface area contributed by atoms with Crippen molar-refractivity contribution in [1.29, 1.82) is 0 Å². The zero-order chi connectivity index (χ0) is 23.6. The van der Waals surface area contributed by atoms with E-state index in [0.29, 0.717) is 24.7 Å². The lowest BCUT2D eigenvalue weighted by Gasteiger charge is -2.34. The van der Waals surface area contributed by atoms with Crippen molar-refractivity contribution in [2.75, 3.05) is 45.1 Å². The van der Waals surface area contributed by atoms with Gasteiger partial charge in [0.25, 0.3) is 0 Å². The smallest absolute Gasteiger partial charge is 0.243 e. The highest BCUT2D eigenvalue weighted by Gasteiger charge is 2.30. The fourth-order valence-electron chi connectivity index (χ4n) is 3.75. The second-order valence-corrected chi connectivity index (χ2v) is 12.0. The quantitative estimate of drug-likeness (QED) is 0.598. The molecule has 0 aliphatic carbocycles. The molecular weight excluding hydrogens is 468 g/mol. The van der Waals surface area contributed by atoms with Gasteiger partial charge in [-0.15, -0.1) is 0 Å². The van der Waals surface area contributed by atoms with Crippen LogP contribution in [0.15, 0.2) is 52.3 Å². The first-order valence-corrected chi connectivity index (χ1v) is 13.7. The molecule has 2 aromatic rings. The molecular formula is C22H26N2O7S2. The molecule has 33 heavy (non-hydrogen) atoms. The highest BCUT2D eigenvalue weighted by atomic mass is 32.2. The molecule has 0 saturated carbocycles. The van der Waals surface area contributed by atoms with Gasteiger partial charge in [-0.1, -0.05) is 17.7 Å². The number of sulfone groups is 1. The van der Waals surface area contributed by atoms with Crippen LogP contribution in [0.1, 0.15) is 12.0 Å². The molecule has 0 atom stereocenters. The number of hydrogen-bond acceptors (Lipinski definition) is 7. The number of rotatable bonds is 6. The minimum atomic E-state index is -3.69. The first kappa shape index (κ1) is 23.5. The molecule has 0 spiro atoms. The Morgan fingerprint density at radius 2 is 1.45 bits per heavy atom. The number of aryl methyl sites for hydroxylation is 1. The Kier molecular flexibility index (Phi) is 6.64. The standard InChI is InChI=1S/C22H26N2O7S2/c1-17-2-4-18(5-3-17)33(28,29)24-11-9-23(10-12-24)22(25)8-15-32(26,27)19-6-7-20-21(16-19)31-14-13-30-20/h2-7,16H,8-15H2,1H3. The molecule has 2 heterocycles. The summed E-state index contributed by atoms with van der Waals surface area (Å²) in [5.74, 6) is 0.214. The Labute approximate surface area is 193 Å². The molecule has 178 valence electrons. The van der Waals surface area contributed by atoms with Crippen LogP contribution in [0, 0.1) is 6.92 Å². The largest absolute Gasteiger partial charge is 0.486 e. The lowest BCUT2D eigenvalue weighted by Crippen LogP contribution is -2.50. The van der Waals surface area contributed by atoms with Crippen LogP contribution in [0.3, 0.4) is 0 Å². The van der Waals surface area contributed by atoms with Crippen molar-refractivity contribution in [2.45, 2.75) is 23.1 Å². The number of carbonyl (C=O) groups excluding carboxylic acids is 1. The second kappa shape index (κ2) is 9.32. The maximum absolute atomic E-state index is 12.8. The summed E-state index contributed by atoms with van der Waals surface area (Å²) in [6.45, 7) is 3.40. The summed E-state index contributed by atoms with van der Waals surface area (Å²) >= 11 is 0. The van der Waals surface area contributed by atoms with Gasteiger partial charge in [-0.3, -0.25) is 4.79 Å². The van der Waals surface area contributed by atoms with E-state index < -0.39 is 19.9 Å². The van der Waals surface area contributed by atoms with Gasteiger partial charge in [-0.25, -0.2) is 16.8 Å². The maximum atomic E-state index is 12.8. The van der Waals surface area contributed by atoms with Gasteiger partial charge in [-0.05, 0) is 31.2 Å². The maximum Gasteiger partial charge on any atom is 0.243 e. The van der Waals surface area contributed by atoms with Crippen LogP contribution < -0.4 is 9.47 Å². The van der Waals surface area contributed by atoms with Gasteiger partial charge in [-0.2, -0.15) is 4.31 Å². The lowest BCUT2D eigenvalue weighted by molar-refractivity contribution is -0.131. The molecule has 2 aliphatic heterocycles. The van der Waals surface area contributed by atoms with E-state index in [-0.39, 0.29) is 54.1 Å². The summed E-state index contributed by atoms with van der Waals surface area (Å²) in [7, 11) is -7.32. The van der Waals surface area contributed by atoms with Crippen LogP contribution >= 0.6 is 0 Å². The third-order valence-corrected chi connectivity index (χ3v) is 9.33. The molecule has 4 rings (SSSR count). The third kappa shape index (κ3) is 5.15. The Bertz CT molecular complexity index is 1230. The van der Waals surface area contributed by atoms with Crippen molar-refractivity contribution in [3.05, 3.63) is 48.0 Å². The van der Waals surface area contributed by atoms with E-state index in [1.807, 2.05) is 6.92 Å². The summed E-state index contributed by atoms with van der Waals surface area (Å²) in [6, 6.07) is 11.1. The number of nitrogens with zero attached hydrogens (tertiary/aromatic N) is 2. The minimum Gasteiger partial charge on any atom is -0.486 e. The molecule has 11 heteroatoms. The number of ether oxygens (including phenoxy) is 2. The third-order valence-electron chi connectivity index (χ3n) is 5.71. The van der Waals surface area contributed by atoms with Crippen molar-refractivity contribution in [3.63, 3.8) is 0 Å². The van der Waals surface area contributed by atoms with E-state index in [4.69, 9.17) is 9.47 Å². The number of fused-ring (bicyclic) bond motifs is 1. The zero-order valence-electron chi connectivity index (χ0n) is 18.3. The van der Waals surface area contributed by atoms with E-state index in [1.165, 1.54) is 21.3 Å². The number of piperazine rings is 1. The summed E-state index contributed by atoms with van der Waals surface area (Å²) < 4.78 is 63.3. The van der Waals surface area contributed by atoms with Crippen molar-refractivity contribution in [3.8, 4) is 11.5 Å². The number of carbonyl (C=O) groups is 1. The predicted octanol–water partition coefficient (Wildman–Crippen LogP) is 1.46. The molecule has 1 fully saturated rings. The van der Waals surface area contributed by atoms with Gasteiger partial charge >= 0.3 is 0 Å². The summed E-state index contributed by atoms with van der Waals surface area (Å²) in [5, 5.41) is 0. The minimum absolute atomic E-state index is 0.0774. The van der Waals surface area contributed by atoms with E-state index in [2.05, 4.69) is 0 Å². The van der Waals surface area contributed by atoms with Crippen molar-refractivity contribution in [1.82, 2.24) is 9.21 Å². The fraction of sp³-hybridized carbons (Fsp3) is 0.409. The predicted molar refractivity (Wildman–Crippen MR) is 121 cm³/mol. The molecule has 9 nitrogen and oxygen atoms in total. The Balaban J connectivity index is 1.33. The molecule has 0 radical (unpaired) electrons. The van der Waals surface area contributed by atoms with E-state index in [1.54, 1.807) is 30.3 Å². The molecule has 1 saturated heterocycles. The van der Waals surface area contributed by atoms with Crippen LogP contribution in [0.5, 0.6) is 11.5 Å². The average Bonchev–Trinajstić information content (AvgIpc) is 2.82. The highest BCUT2D eigenvalue weighted by Crippen LogP contribution is 2.32. The number of benzene rings is 2. The first-order valence-electron chi connectivity index (χ1n) is 10.6. The van der Waals surface area contributed by atoms with E-state index in [9.17, 15) is 21.6 Å². The van der Waals surface area contributed by atoms with E-state index in [0.717, 1.165) is 5.56 Å². The highest BCUT2D eigenvalue weighted by molar-refractivity contribution is 7.91. The summed E-state index contributed by atoms with van der Waals surface area (Å²) in [5.41, 5.74) is 0.968. The lowest BCUT2D eigenvalue weighted by atomic mass is 10.2. The van der Waals surface area contributed by atoms with Crippen LogP contribution in [-0.4, -0.2) is 77.1 Å². The summed E-state index contributed by atoms with van der Waals surface area (Å²) in [4.78, 5) is 14.4. The zero-order valence-corrected chi connectivity index (χ0v) is 19.9. The van der Waals surface area contributed by atoms with Gasteiger partial charge in [0, 0.05) is 38.7 Å². The molecule has 0 aromatic heterocycles. The fourth-order valence-corrected chi connectivity index (χ4v) is 6.42. The molecule has 0 N–H and O–H groups in total. The SMILES string of the molecule is Cc1ccc(S(=O)(=O)N2CCN(C(=O)CCS(=O)(=O)c3ccc4c(c3)OCCO4)CC2)cc1. The molecule has 2 aliphatic rings. The van der Waals surface area contributed by atoms with Crippen LogP contribution in [-0.2, 0) is 24.7 Å². The Morgan fingerprint density at radius 1 is 0.848 bits per heavy atom. The van der Waals surface area contributed by atoms with Gasteiger partial charge in [0.05, 0.1) is 15.5 Å². The van der Waals surface area contributed by atoms with Gasteiger partial charge in [0.15, 0.2) is 21.3 Å². The molecule has 0 bridgehead atoms. The number of amides is 1. The first-order chi connectivity index (χ1) is 15.7. The Morgan fingerprint density at radius 3 is 2.12 bits per heavy atom. The van der Waals surface area contributed by atoms with Crippen molar-refractivity contribution in [2.24, 2.45) is 0 Å². The molecule has 0 unspecified atom stereocenters. The topological polar surface area (TPSA) is 110 Å². The van der Waals surface area contributed by atoms with Gasteiger partial charge in [0.1, 0.15) is 13.2 Å². The molecule has 1 amide bonds. The number of hydrogen-bond donors (Lipinski definition) is 0. The van der Waals surface area contributed by atoms with Crippen molar-refractivity contribution < 1.29 is 31.1 Å². The van der Waals surface area contributed by atoms with Crippen LogP contribution in [0.25, 0.3) is 0 Å². The summed E-state index contributed by atoms with van der Waals surface area (Å²) in [6.07, 6.45) is -0.179. The van der Waals surface area contributed by atoms with Gasteiger partial charge in [0.2, 0.25) is 15.9 Å². The van der Waals surface area contributed by atoms with Crippen molar-refractivity contribution >= 4 is 25.8 Å². The average molecular weight is 495 g/mol. The van der Waals surface area contributed by atoms with Gasteiger partial charge < -0.3 is 14.4 Å². The Hall–Kier alpha value is -2.63. The number of sulfonamides is 1. The van der Waals surface area contributed by atoms with E-state index >= 15 is 0 Å². The normalized spacial score (nSPS) is 17.1. The second-order valence-electron chi connectivity index (χ2n) is 7.97. The van der Waals surface area contributed by atoms with Crippen LogP contribution in [0.2, 0.25) is 0 Å². The molecule has 2 aromatic carbocycles. The monoisotopic (exact) mass is 494 g/mol. The van der Waals surface area contributed by atoms with Crippen LogP contribution in [0.4, 0.5) is 0 Å².